The molecule has 1 aliphatic rings. The van der Waals surface area contributed by atoms with Crippen LogP contribution in [0.4, 0.5) is 5.69 Å². The molecule has 0 amide bonds. The Morgan fingerprint density at radius 1 is 1.44 bits per heavy atom. The summed E-state index contributed by atoms with van der Waals surface area (Å²) in [5.41, 5.74) is 7.82. The number of anilines is 1. The van der Waals surface area contributed by atoms with Crippen LogP contribution in [-0.2, 0) is 0 Å². The second-order valence-electron chi connectivity index (χ2n) is 4.98. The van der Waals surface area contributed by atoms with Gasteiger partial charge in [-0.15, -0.1) is 0 Å². The van der Waals surface area contributed by atoms with Gasteiger partial charge in [-0.3, -0.25) is 4.90 Å². The van der Waals surface area contributed by atoms with Crippen molar-refractivity contribution >= 4 is 11.2 Å². The van der Waals surface area contributed by atoms with Crippen molar-refractivity contribution in [2.75, 3.05) is 18.8 Å². The highest BCUT2D eigenvalue weighted by Crippen LogP contribution is 2.30. The summed E-state index contributed by atoms with van der Waals surface area (Å²) in [4.78, 5) is 7.13. The number of piperidine rings is 1. The number of hydrogen-bond acceptors (Lipinski definition) is 3. The Morgan fingerprint density at radius 3 is 3.17 bits per heavy atom. The molecule has 0 aromatic carbocycles. The fourth-order valence-corrected chi connectivity index (χ4v) is 2.97. The number of hydrogen-bond donors (Lipinski definition) is 1. The monoisotopic (exact) mass is 244 g/mol. The predicted molar refractivity (Wildman–Crippen MR) is 73.4 cm³/mol. The summed E-state index contributed by atoms with van der Waals surface area (Å²) in [6, 6.07) is 4.36. The van der Waals surface area contributed by atoms with E-state index in [0.717, 1.165) is 23.6 Å². The smallest absolute Gasteiger partial charge is 0.130 e. The Labute approximate surface area is 107 Å². The van der Waals surface area contributed by atoms with E-state index in [0.29, 0.717) is 6.04 Å². The summed E-state index contributed by atoms with van der Waals surface area (Å²) < 4.78 is 2.15. The number of aromatic nitrogens is 2. The van der Waals surface area contributed by atoms with Gasteiger partial charge >= 0.3 is 0 Å². The van der Waals surface area contributed by atoms with Crippen LogP contribution in [0.5, 0.6) is 0 Å². The summed E-state index contributed by atoms with van der Waals surface area (Å²) in [6.07, 6.45) is 7.75. The number of nitrogens with two attached hydrogens (primary N) is 1. The highest BCUT2D eigenvalue weighted by Gasteiger charge is 2.26. The van der Waals surface area contributed by atoms with Gasteiger partial charge in [-0.2, -0.15) is 0 Å². The van der Waals surface area contributed by atoms with Crippen LogP contribution in [0.15, 0.2) is 24.5 Å². The van der Waals surface area contributed by atoms with E-state index in [1.807, 2.05) is 18.3 Å². The van der Waals surface area contributed by atoms with Gasteiger partial charge in [0.2, 0.25) is 0 Å². The van der Waals surface area contributed by atoms with E-state index < -0.39 is 0 Å². The van der Waals surface area contributed by atoms with Crippen LogP contribution in [-0.4, -0.2) is 27.4 Å². The Balaban J connectivity index is 2.05. The zero-order valence-electron chi connectivity index (χ0n) is 10.8. The Hall–Kier alpha value is -1.55. The third-order valence-electron chi connectivity index (χ3n) is 3.95. The molecule has 1 atom stereocenters. The van der Waals surface area contributed by atoms with E-state index in [1.54, 1.807) is 0 Å². The predicted octanol–water partition coefficient (Wildman–Crippen LogP) is 2.46. The van der Waals surface area contributed by atoms with Crippen molar-refractivity contribution in [1.29, 1.82) is 0 Å². The topological polar surface area (TPSA) is 46.6 Å². The first-order valence-corrected chi connectivity index (χ1v) is 6.76. The van der Waals surface area contributed by atoms with Crippen molar-refractivity contribution in [3.8, 4) is 0 Å². The highest BCUT2D eigenvalue weighted by molar-refractivity contribution is 5.68. The van der Waals surface area contributed by atoms with Gasteiger partial charge in [-0.1, -0.05) is 13.3 Å². The third kappa shape index (κ3) is 1.77. The fraction of sp³-hybridized carbons (Fsp3) is 0.500. The molecular weight excluding hydrogens is 224 g/mol. The van der Waals surface area contributed by atoms with Crippen LogP contribution < -0.4 is 5.73 Å². The summed E-state index contributed by atoms with van der Waals surface area (Å²) in [5.74, 6) is 1.14. The average molecular weight is 244 g/mol. The maximum Gasteiger partial charge on any atom is 0.130 e. The number of pyridine rings is 1. The highest BCUT2D eigenvalue weighted by atomic mass is 15.2. The summed E-state index contributed by atoms with van der Waals surface area (Å²) in [6.45, 7) is 4.49. The van der Waals surface area contributed by atoms with E-state index in [2.05, 4.69) is 27.4 Å². The lowest BCUT2D eigenvalue weighted by atomic mass is 10.0. The molecule has 2 aromatic heterocycles. The number of likely N-dealkylation sites (tertiary alicyclic amines) is 1. The van der Waals surface area contributed by atoms with Gasteiger partial charge in [0.15, 0.2) is 0 Å². The Kier molecular flexibility index (Phi) is 2.96. The largest absolute Gasteiger partial charge is 0.397 e. The van der Waals surface area contributed by atoms with Gasteiger partial charge in [-0.25, -0.2) is 4.98 Å². The number of nitrogens with zero attached hydrogens (tertiary/aromatic N) is 3. The second-order valence-corrected chi connectivity index (χ2v) is 4.98. The normalized spacial score (nSPS) is 21.5. The first-order valence-electron chi connectivity index (χ1n) is 6.76. The second kappa shape index (κ2) is 4.61. The van der Waals surface area contributed by atoms with Gasteiger partial charge in [-0.05, 0) is 38.1 Å². The molecule has 1 unspecified atom stereocenters. The summed E-state index contributed by atoms with van der Waals surface area (Å²) >= 11 is 0. The number of imidazole rings is 1. The van der Waals surface area contributed by atoms with Crippen LogP contribution in [0.2, 0.25) is 0 Å². The molecule has 0 radical (unpaired) electrons. The average Bonchev–Trinajstić information content (AvgIpc) is 2.84. The van der Waals surface area contributed by atoms with Crippen molar-refractivity contribution in [2.45, 2.75) is 32.2 Å². The van der Waals surface area contributed by atoms with Crippen molar-refractivity contribution < 1.29 is 0 Å². The molecule has 0 aliphatic carbocycles. The number of rotatable bonds is 2. The maximum atomic E-state index is 5.99. The van der Waals surface area contributed by atoms with Gasteiger partial charge in [0, 0.05) is 6.20 Å². The molecular formula is C14H20N4. The minimum absolute atomic E-state index is 0.438. The van der Waals surface area contributed by atoms with Gasteiger partial charge in [0.05, 0.1) is 23.4 Å². The number of nitrogen functional groups attached to an aromatic ring is 1. The van der Waals surface area contributed by atoms with E-state index in [1.165, 1.54) is 25.8 Å². The van der Waals surface area contributed by atoms with Crippen molar-refractivity contribution in [3.05, 3.63) is 30.4 Å². The molecule has 2 N–H and O–H groups in total. The molecule has 18 heavy (non-hydrogen) atoms. The van der Waals surface area contributed by atoms with E-state index in [9.17, 15) is 0 Å². The molecule has 96 valence electrons. The molecule has 1 fully saturated rings. The van der Waals surface area contributed by atoms with Crippen molar-refractivity contribution in [3.63, 3.8) is 0 Å². The number of fused-ring (bicyclic) bond motifs is 1. The third-order valence-corrected chi connectivity index (χ3v) is 3.95. The van der Waals surface area contributed by atoms with Crippen LogP contribution in [0.3, 0.4) is 0 Å². The van der Waals surface area contributed by atoms with Crippen molar-refractivity contribution in [1.82, 2.24) is 14.3 Å². The SMILES string of the molecule is CCN1CCCCC1c1ncc2c(N)cccn12. The lowest BCUT2D eigenvalue weighted by Gasteiger charge is -2.33. The molecule has 0 bridgehead atoms. The zero-order chi connectivity index (χ0) is 12.5. The molecule has 1 aliphatic heterocycles. The summed E-state index contributed by atoms with van der Waals surface area (Å²) in [5, 5.41) is 0. The van der Waals surface area contributed by atoms with E-state index in [4.69, 9.17) is 5.73 Å². The Bertz CT molecular complexity index is 546. The molecule has 4 heteroatoms. The van der Waals surface area contributed by atoms with Crippen LogP contribution in [0.25, 0.3) is 5.52 Å². The molecule has 1 saturated heterocycles. The van der Waals surface area contributed by atoms with Gasteiger partial charge < -0.3 is 10.1 Å². The lowest BCUT2D eigenvalue weighted by Crippen LogP contribution is -2.34. The minimum Gasteiger partial charge on any atom is -0.397 e. The van der Waals surface area contributed by atoms with Crippen LogP contribution >= 0.6 is 0 Å². The zero-order valence-corrected chi connectivity index (χ0v) is 10.8. The molecule has 4 nitrogen and oxygen atoms in total. The molecule has 0 spiro atoms. The fourth-order valence-electron chi connectivity index (χ4n) is 2.97. The quantitative estimate of drug-likeness (QED) is 0.882. The first-order chi connectivity index (χ1) is 8.81. The molecule has 2 aromatic rings. The molecule has 3 rings (SSSR count). The van der Waals surface area contributed by atoms with Crippen LogP contribution in [0, 0.1) is 0 Å². The minimum atomic E-state index is 0.438. The summed E-state index contributed by atoms with van der Waals surface area (Å²) in [7, 11) is 0. The van der Waals surface area contributed by atoms with Gasteiger partial charge in [0.25, 0.3) is 0 Å². The lowest BCUT2D eigenvalue weighted by molar-refractivity contribution is 0.149. The van der Waals surface area contributed by atoms with Gasteiger partial charge in [0.1, 0.15) is 5.82 Å². The van der Waals surface area contributed by atoms with Crippen LogP contribution in [0.1, 0.15) is 38.1 Å². The van der Waals surface area contributed by atoms with E-state index >= 15 is 0 Å². The molecule has 3 heterocycles. The maximum absolute atomic E-state index is 5.99. The van der Waals surface area contributed by atoms with E-state index in [-0.39, 0.29) is 0 Å². The first kappa shape index (κ1) is 11.5. The van der Waals surface area contributed by atoms with Crippen molar-refractivity contribution in [2.24, 2.45) is 0 Å². The standard InChI is InChI=1S/C14H20N4/c1-2-17-8-4-3-7-12(17)14-16-10-13-11(15)6-5-9-18(13)14/h5-6,9-10,12H,2-4,7-8,15H2,1H3. The Morgan fingerprint density at radius 2 is 2.33 bits per heavy atom. The molecule has 0 saturated carbocycles.